The van der Waals surface area contributed by atoms with Crippen LogP contribution in [-0.2, 0) is 0 Å². The van der Waals surface area contributed by atoms with Crippen molar-refractivity contribution >= 4 is 52.2 Å². The third-order valence-corrected chi connectivity index (χ3v) is 6.75. The van der Waals surface area contributed by atoms with Gasteiger partial charge in [0.25, 0.3) is 0 Å². The molecule has 1 heterocycles. The molecule has 0 radical (unpaired) electrons. The molecular formula is C25H17Cl2N5O2S. The SMILES string of the molecule is Cc1cc(C(C#N)c2ccc(Cl)cc2)c(Cl)cc1Nc1ncnc(Sc2ccccc2)c1[N+](=O)[O-]. The van der Waals surface area contributed by atoms with E-state index in [9.17, 15) is 15.4 Å². The lowest BCUT2D eigenvalue weighted by Crippen LogP contribution is -2.05. The Morgan fingerprint density at radius 3 is 2.46 bits per heavy atom. The van der Waals surface area contributed by atoms with Gasteiger partial charge in [0.1, 0.15) is 6.33 Å². The maximum Gasteiger partial charge on any atom is 0.343 e. The minimum Gasteiger partial charge on any atom is -0.334 e. The van der Waals surface area contributed by atoms with E-state index in [0.29, 0.717) is 21.3 Å². The number of nitrogens with one attached hydrogen (secondary N) is 1. The summed E-state index contributed by atoms with van der Waals surface area (Å²) in [5, 5.41) is 25.9. The molecule has 0 amide bonds. The molecule has 7 nitrogen and oxygen atoms in total. The number of aryl methyl sites for hydroxylation is 1. The van der Waals surface area contributed by atoms with E-state index < -0.39 is 10.8 Å². The summed E-state index contributed by atoms with van der Waals surface area (Å²) in [6.45, 7) is 1.82. The van der Waals surface area contributed by atoms with Crippen molar-refractivity contribution in [2.24, 2.45) is 0 Å². The van der Waals surface area contributed by atoms with Crippen LogP contribution in [0, 0.1) is 28.4 Å². The molecule has 0 bridgehead atoms. The van der Waals surface area contributed by atoms with Crippen LogP contribution in [0.4, 0.5) is 17.2 Å². The summed E-state index contributed by atoms with van der Waals surface area (Å²) in [5.41, 5.74) is 2.41. The number of hydrogen-bond acceptors (Lipinski definition) is 7. The molecule has 0 aliphatic carbocycles. The highest BCUT2D eigenvalue weighted by Gasteiger charge is 2.25. The van der Waals surface area contributed by atoms with E-state index in [1.165, 1.54) is 18.1 Å². The minimum atomic E-state index is -0.602. The van der Waals surface area contributed by atoms with Crippen molar-refractivity contribution in [1.29, 1.82) is 5.26 Å². The van der Waals surface area contributed by atoms with Gasteiger partial charge in [0.2, 0.25) is 5.82 Å². The van der Waals surface area contributed by atoms with Crippen LogP contribution < -0.4 is 5.32 Å². The fourth-order valence-corrected chi connectivity index (χ4v) is 4.74. The highest BCUT2D eigenvalue weighted by atomic mass is 35.5. The van der Waals surface area contributed by atoms with E-state index >= 15 is 0 Å². The maximum atomic E-state index is 11.9. The lowest BCUT2D eigenvalue weighted by molar-refractivity contribution is -0.387. The summed E-state index contributed by atoms with van der Waals surface area (Å²) >= 11 is 13.7. The molecule has 174 valence electrons. The standard InChI is InChI=1S/C25H17Cl2N5O2S/c1-15-11-19(20(13-28)16-7-9-17(26)10-8-16)21(27)12-22(15)31-24-23(32(33)34)25(30-14-29-24)35-18-5-3-2-4-6-18/h2-12,14,20H,1H3,(H,29,30,31). The number of anilines is 2. The molecule has 0 saturated heterocycles. The molecule has 10 heteroatoms. The summed E-state index contributed by atoms with van der Waals surface area (Å²) in [7, 11) is 0. The Kier molecular flexibility index (Phi) is 7.51. The summed E-state index contributed by atoms with van der Waals surface area (Å²) in [6, 6.07) is 22.0. The topological polar surface area (TPSA) is 105 Å². The first-order valence-electron chi connectivity index (χ1n) is 10.3. The van der Waals surface area contributed by atoms with Crippen LogP contribution in [0.15, 0.2) is 83.0 Å². The molecule has 0 fully saturated rings. The zero-order valence-corrected chi connectivity index (χ0v) is 20.6. The van der Waals surface area contributed by atoms with Crippen molar-refractivity contribution < 1.29 is 4.92 Å². The van der Waals surface area contributed by atoms with E-state index in [1.54, 1.807) is 36.4 Å². The molecule has 1 N–H and O–H groups in total. The van der Waals surface area contributed by atoms with Gasteiger partial charge in [0.15, 0.2) is 5.03 Å². The van der Waals surface area contributed by atoms with Crippen LogP contribution in [0.25, 0.3) is 0 Å². The van der Waals surface area contributed by atoms with Gasteiger partial charge in [-0.25, -0.2) is 9.97 Å². The first-order valence-corrected chi connectivity index (χ1v) is 11.9. The van der Waals surface area contributed by atoms with E-state index in [-0.39, 0.29) is 16.5 Å². The highest BCUT2D eigenvalue weighted by Crippen LogP contribution is 2.39. The number of rotatable bonds is 7. The van der Waals surface area contributed by atoms with E-state index in [1.807, 2.05) is 37.3 Å². The quantitative estimate of drug-likeness (QED) is 0.152. The first-order chi connectivity index (χ1) is 16.9. The molecule has 35 heavy (non-hydrogen) atoms. The molecule has 0 aliphatic heterocycles. The third-order valence-electron chi connectivity index (χ3n) is 5.17. The average molecular weight is 522 g/mol. The van der Waals surface area contributed by atoms with Crippen LogP contribution in [0.3, 0.4) is 0 Å². The average Bonchev–Trinajstić information content (AvgIpc) is 2.84. The van der Waals surface area contributed by atoms with Crippen LogP contribution >= 0.6 is 35.0 Å². The van der Waals surface area contributed by atoms with Crippen molar-refractivity contribution in [3.8, 4) is 6.07 Å². The van der Waals surface area contributed by atoms with E-state index in [0.717, 1.165) is 16.0 Å². The van der Waals surface area contributed by atoms with Crippen molar-refractivity contribution in [3.63, 3.8) is 0 Å². The zero-order chi connectivity index (χ0) is 24.9. The molecule has 3 aromatic carbocycles. The van der Waals surface area contributed by atoms with Crippen LogP contribution in [-0.4, -0.2) is 14.9 Å². The molecule has 0 spiro atoms. The fraction of sp³-hybridized carbons (Fsp3) is 0.0800. The first kappa shape index (κ1) is 24.5. The van der Waals surface area contributed by atoms with Crippen molar-refractivity contribution in [2.45, 2.75) is 22.8 Å². The van der Waals surface area contributed by atoms with Gasteiger partial charge in [-0.05, 0) is 53.9 Å². The second-order valence-electron chi connectivity index (χ2n) is 7.48. The van der Waals surface area contributed by atoms with Gasteiger partial charge in [-0.3, -0.25) is 10.1 Å². The van der Waals surface area contributed by atoms with Crippen molar-refractivity contribution in [2.75, 3.05) is 5.32 Å². The van der Waals surface area contributed by atoms with Crippen molar-refractivity contribution in [3.05, 3.63) is 110 Å². The second-order valence-corrected chi connectivity index (χ2v) is 9.38. The van der Waals surface area contributed by atoms with Gasteiger partial charge < -0.3 is 5.32 Å². The number of hydrogen-bond donors (Lipinski definition) is 1. The number of nitriles is 1. The van der Waals surface area contributed by atoms with Gasteiger partial charge in [0.05, 0.1) is 16.9 Å². The van der Waals surface area contributed by atoms with Gasteiger partial charge in [0, 0.05) is 20.6 Å². The molecule has 1 aromatic heterocycles. The van der Waals surface area contributed by atoms with Crippen LogP contribution in [0.5, 0.6) is 0 Å². The smallest absolute Gasteiger partial charge is 0.334 e. The predicted molar refractivity (Wildman–Crippen MR) is 138 cm³/mol. The number of nitro groups is 1. The third kappa shape index (κ3) is 5.54. The van der Waals surface area contributed by atoms with E-state index in [2.05, 4.69) is 21.4 Å². The fourth-order valence-electron chi connectivity index (χ4n) is 3.46. The van der Waals surface area contributed by atoms with Crippen LogP contribution in [0.1, 0.15) is 22.6 Å². The molecule has 4 rings (SSSR count). The van der Waals surface area contributed by atoms with E-state index in [4.69, 9.17) is 23.2 Å². The molecule has 0 saturated carbocycles. The summed E-state index contributed by atoms with van der Waals surface area (Å²) in [5.74, 6) is -0.556. The summed E-state index contributed by atoms with van der Waals surface area (Å²) in [4.78, 5) is 20.5. The number of nitrogens with zero attached hydrogens (tertiary/aromatic N) is 4. The largest absolute Gasteiger partial charge is 0.343 e. The molecule has 4 aromatic rings. The van der Waals surface area contributed by atoms with Crippen molar-refractivity contribution in [1.82, 2.24) is 9.97 Å². The molecular weight excluding hydrogens is 505 g/mol. The Bertz CT molecular complexity index is 1430. The summed E-state index contributed by atoms with van der Waals surface area (Å²) in [6.07, 6.45) is 1.28. The Balaban J connectivity index is 1.69. The molecule has 0 aliphatic rings. The number of aromatic nitrogens is 2. The highest BCUT2D eigenvalue weighted by molar-refractivity contribution is 7.99. The normalized spacial score (nSPS) is 11.5. The van der Waals surface area contributed by atoms with Gasteiger partial charge >= 0.3 is 5.69 Å². The Labute approximate surface area is 215 Å². The minimum absolute atomic E-state index is 0.0462. The number of halogens is 2. The number of benzene rings is 3. The Morgan fingerprint density at radius 2 is 1.80 bits per heavy atom. The second kappa shape index (κ2) is 10.7. The Morgan fingerprint density at radius 1 is 1.09 bits per heavy atom. The maximum absolute atomic E-state index is 11.9. The monoisotopic (exact) mass is 521 g/mol. The summed E-state index contributed by atoms with van der Waals surface area (Å²) < 4.78 is 0. The lowest BCUT2D eigenvalue weighted by Gasteiger charge is -2.16. The van der Waals surface area contributed by atoms with Gasteiger partial charge in [-0.15, -0.1) is 0 Å². The lowest BCUT2D eigenvalue weighted by atomic mass is 9.91. The molecule has 1 atom stereocenters. The van der Waals surface area contributed by atoms with Crippen LogP contribution in [0.2, 0.25) is 10.0 Å². The zero-order valence-electron chi connectivity index (χ0n) is 18.3. The predicted octanol–water partition coefficient (Wildman–Crippen LogP) is 7.55. The molecule has 1 unspecified atom stereocenters. The Hall–Kier alpha value is -3.64. The van der Waals surface area contributed by atoms with Gasteiger partial charge in [-0.2, -0.15) is 5.26 Å². The van der Waals surface area contributed by atoms with Gasteiger partial charge in [-0.1, -0.05) is 71.4 Å².